The van der Waals surface area contributed by atoms with Gasteiger partial charge in [0.1, 0.15) is 18.2 Å². The molecule has 0 spiro atoms. The average Bonchev–Trinajstić information content (AvgIpc) is 2.88. The summed E-state index contributed by atoms with van der Waals surface area (Å²) in [6.07, 6.45) is 0. The molecule has 1 heterocycles. The molecule has 21 heavy (non-hydrogen) atoms. The van der Waals surface area contributed by atoms with E-state index < -0.39 is 0 Å². The number of halogens is 1. The molecule has 2 aromatic carbocycles. The van der Waals surface area contributed by atoms with Gasteiger partial charge in [-0.3, -0.25) is 0 Å². The van der Waals surface area contributed by atoms with Crippen molar-refractivity contribution in [1.82, 2.24) is 0 Å². The first-order valence-corrected chi connectivity index (χ1v) is 7.66. The lowest BCUT2D eigenvalue weighted by molar-refractivity contribution is 0.301. The van der Waals surface area contributed by atoms with Crippen molar-refractivity contribution in [2.24, 2.45) is 5.73 Å². The highest BCUT2D eigenvalue weighted by atomic mass is 32.1. The van der Waals surface area contributed by atoms with Gasteiger partial charge in [0.05, 0.1) is 0 Å². The highest BCUT2D eigenvalue weighted by molar-refractivity contribution is 7.17. The summed E-state index contributed by atoms with van der Waals surface area (Å²) in [4.78, 5) is 0. The molecule has 0 amide bonds. The van der Waals surface area contributed by atoms with Crippen LogP contribution in [0.5, 0.6) is 5.75 Å². The zero-order chi connectivity index (χ0) is 14.8. The van der Waals surface area contributed by atoms with Crippen LogP contribution in [0.1, 0.15) is 24.1 Å². The number of fused-ring (bicyclic) bond motifs is 1. The topological polar surface area (TPSA) is 35.2 Å². The van der Waals surface area contributed by atoms with Crippen molar-refractivity contribution in [3.8, 4) is 5.75 Å². The summed E-state index contributed by atoms with van der Waals surface area (Å²) in [5, 5.41) is 3.26. The van der Waals surface area contributed by atoms with Crippen molar-refractivity contribution in [3.63, 3.8) is 0 Å². The van der Waals surface area contributed by atoms with Crippen LogP contribution in [0.3, 0.4) is 0 Å². The molecule has 108 valence electrons. The Balaban J connectivity index is 1.86. The molecule has 3 aromatic rings. The minimum absolute atomic E-state index is 0.195. The van der Waals surface area contributed by atoms with Gasteiger partial charge in [-0.25, -0.2) is 4.39 Å². The molecular weight excluding hydrogens is 285 g/mol. The van der Waals surface area contributed by atoms with Crippen LogP contribution < -0.4 is 10.5 Å². The van der Waals surface area contributed by atoms with E-state index in [0.717, 1.165) is 11.1 Å². The van der Waals surface area contributed by atoms with Gasteiger partial charge in [0.2, 0.25) is 0 Å². The Labute approximate surface area is 127 Å². The van der Waals surface area contributed by atoms with E-state index in [-0.39, 0.29) is 11.9 Å². The minimum Gasteiger partial charge on any atom is -0.488 e. The van der Waals surface area contributed by atoms with E-state index in [9.17, 15) is 4.39 Å². The number of nitrogens with two attached hydrogens (primary N) is 1. The second kappa shape index (κ2) is 5.84. The van der Waals surface area contributed by atoms with Crippen molar-refractivity contribution >= 4 is 21.4 Å². The van der Waals surface area contributed by atoms with Gasteiger partial charge in [-0.05, 0) is 29.8 Å². The van der Waals surface area contributed by atoms with E-state index in [4.69, 9.17) is 10.5 Å². The molecular formula is C17H16FNOS. The van der Waals surface area contributed by atoms with Gasteiger partial charge < -0.3 is 10.5 Å². The second-order valence-corrected chi connectivity index (χ2v) is 5.93. The van der Waals surface area contributed by atoms with Crippen LogP contribution in [0, 0.1) is 5.82 Å². The monoisotopic (exact) mass is 301 g/mol. The quantitative estimate of drug-likeness (QED) is 0.762. The molecule has 1 unspecified atom stereocenters. The fraction of sp³-hybridized carbons (Fsp3) is 0.176. The Morgan fingerprint density at radius 1 is 1.24 bits per heavy atom. The Bertz CT molecular complexity index is 766. The lowest BCUT2D eigenvalue weighted by Gasteiger charge is -2.14. The number of hydrogen-bond acceptors (Lipinski definition) is 3. The van der Waals surface area contributed by atoms with Crippen molar-refractivity contribution in [2.75, 3.05) is 0 Å². The van der Waals surface area contributed by atoms with E-state index in [1.807, 2.05) is 19.1 Å². The van der Waals surface area contributed by atoms with Gasteiger partial charge in [-0.15, -0.1) is 11.3 Å². The molecule has 0 aliphatic carbocycles. The van der Waals surface area contributed by atoms with Crippen molar-refractivity contribution in [3.05, 3.63) is 64.8 Å². The van der Waals surface area contributed by atoms with E-state index in [1.165, 1.54) is 22.2 Å². The highest BCUT2D eigenvalue weighted by Crippen LogP contribution is 2.29. The van der Waals surface area contributed by atoms with E-state index >= 15 is 0 Å². The molecule has 0 aliphatic heterocycles. The Morgan fingerprint density at radius 2 is 2.05 bits per heavy atom. The third-order valence-corrected chi connectivity index (χ3v) is 4.42. The fourth-order valence-electron chi connectivity index (χ4n) is 2.31. The maximum atomic E-state index is 13.4. The first-order valence-electron chi connectivity index (χ1n) is 6.78. The van der Waals surface area contributed by atoms with Gasteiger partial charge in [-0.1, -0.05) is 24.3 Å². The van der Waals surface area contributed by atoms with Crippen molar-refractivity contribution in [2.45, 2.75) is 19.6 Å². The lowest BCUT2D eigenvalue weighted by atomic mass is 10.1. The Kier molecular flexibility index (Phi) is 3.90. The second-order valence-electron chi connectivity index (χ2n) is 5.02. The van der Waals surface area contributed by atoms with Crippen molar-refractivity contribution < 1.29 is 9.13 Å². The summed E-state index contributed by atoms with van der Waals surface area (Å²) in [6.45, 7) is 2.27. The third kappa shape index (κ3) is 2.91. The number of hydrogen-bond donors (Lipinski definition) is 1. The molecule has 1 aromatic heterocycles. The maximum Gasteiger partial charge on any atom is 0.127 e. The smallest absolute Gasteiger partial charge is 0.127 e. The molecule has 2 N–H and O–H groups in total. The molecule has 0 saturated carbocycles. The van der Waals surface area contributed by atoms with Gasteiger partial charge in [0.25, 0.3) is 0 Å². The summed E-state index contributed by atoms with van der Waals surface area (Å²) in [5.41, 5.74) is 7.83. The van der Waals surface area contributed by atoms with Crippen LogP contribution in [-0.2, 0) is 6.61 Å². The van der Waals surface area contributed by atoms with Crippen molar-refractivity contribution in [1.29, 1.82) is 0 Å². The molecule has 0 radical (unpaired) electrons. The Hall–Kier alpha value is -1.91. The minimum atomic E-state index is -0.315. The number of rotatable bonds is 4. The molecule has 4 heteroatoms. The SMILES string of the molecule is CC(N)c1ccc(F)cc1OCc1csc2ccccc12. The summed E-state index contributed by atoms with van der Waals surface area (Å²) in [5.74, 6) is 0.199. The normalized spacial score (nSPS) is 12.5. The van der Waals surface area contributed by atoms with Crippen LogP contribution in [0.25, 0.3) is 10.1 Å². The number of ether oxygens (including phenoxy) is 1. The molecule has 1 atom stereocenters. The van der Waals surface area contributed by atoms with Gasteiger partial charge in [0, 0.05) is 27.9 Å². The van der Waals surface area contributed by atoms with Crippen LogP contribution >= 0.6 is 11.3 Å². The molecule has 0 bridgehead atoms. The third-order valence-electron chi connectivity index (χ3n) is 3.41. The zero-order valence-corrected chi connectivity index (χ0v) is 12.5. The predicted octanol–water partition coefficient (Wildman–Crippen LogP) is 4.64. The summed E-state index contributed by atoms with van der Waals surface area (Å²) >= 11 is 1.68. The summed E-state index contributed by atoms with van der Waals surface area (Å²) < 4.78 is 20.5. The standard InChI is InChI=1S/C17H16FNOS/c1-11(19)14-7-6-13(18)8-16(14)20-9-12-10-21-17-5-3-2-4-15(12)17/h2-8,10-11H,9,19H2,1H3. The predicted molar refractivity (Wildman–Crippen MR) is 85.2 cm³/mol. The molecule has 3 rings (SSSR count). The first-order chi connectivity index (χ1) is 10.1. The van der Waals surface area contributed by atoms with E-state index in [0.29, 0.717) is 12.4 Å². The average molecular weight is 301 g/mol. The molecule has 0 saturated heterocycles. The van der Waals surface area contributed by atoms with E-state index in [2.05, 4.69) is 17.5 Å². The van der Waals surface area contributed by atoms with Gasteiger partial charge >= 0.3 is 0 Å². The van der Waals surface area contributed by atoms with Gasteiger partial charge in [0.15, 0.2) is 0 Å². The maximum absolute atomic E-state index is 13.4. The largest absolute Gasteiger partial charge is 0.488 e. The van der Waals surface area contributed by atoms with Crippen LogP contribution in [0.4, 0.5) is 4.39 Å². The fourth-order valence-corrected chi connectivity index (χ4v) is 3.26. The van der Waals surface area contributed by atoms with Crippen LogP contribution in [0.15, 0.2) is 47.8 Å². The zero-order valence-electron chi connectivity index (χ0n) is 11.7. The van der Waals surface area contributed by atoms with Crippen LogP contribution in [0.2, 0.25) is 0 Å². The molecule has 2 nitrogen and oxygen atoms in total. The summed E-state index contributed by atoms with van der Waals surface area (Å²) in [6, 6.07) is 12.5. The Morgan fingerprint density at radius 3 is 2.86 bits per heavy atom. The number of benzene rings is 2. The number of thiophene rings is 1. The molecule has 0 fully saturated rings. The summed E-state index contributed by atoms with van der Waals surface area (Å²) in [7, 11) is 0. The first kappa shape index (κ1) is 14.0. The lowest BCUT2D eigenvalue weighted by Crippen LogP contribution is -2.08. The highest BCUT2D eigenvalue weighted by Gasteiger charge is 2.11. The van der Waals surface area contributed by atoms with Gasteiger partial charge in [-0.2, -0.15) is 0 Å². The van der Waals surface area contributed by atoms with Crippen LogP contribution in [-0.4, -0.2) is 0 Å². The van der Waals surface area contributed by atoms with E-state index in [1.54, 1.807) is 17.4 Å². The molecule has 0 aliphatic rings.